The van der Waals surface area contributed by atoms with Crippen molar-refractivity contribution >= 4 is 17.1 Å². The van der Waals surface area contributed by atoms with Gasteiger partial charge >= 0.3 is 11.8 Å². The summed E-state index contributed by atoms with van der Waals surface area (Å²) in [4.78, 5) is 46.8. The first-order valence-corrected chi connectivity index (χ1v) is 16.0. The standard InChI is InChI=1S/C35H40FN5O6/c1-35(2,3)47-33(44)38-24-10-12-25(13-11-24)41-32(43)28-19-23(36)20-37-31(28)40(34(41)45)26-7-4-6-22(18-26)27-8-5-9-30(42)29(27)21-39-14-16-46-17-15-39/h4-9,18-20,24-25,42H,10-17,21H2,1-3H3,(H,38,44)/t24-,25+. The van der Waals surface area contributed by atoms with Crippen molar-refractivity contribution in [3.8, 4) is 22.6 Å². The molecule has 11 nitrogen and oxygen atoms in total. The number of hydrogen-bond donors (Lipinski definition) is 2. The van der Waals surface area contributed by atoms with E-state index in [0.717, 1.165) is 42.0 Å². The molecule has 0 spiro atoms. The van der Waals surface area contributed by atoms with Crippen LogP contribution >= 0.6 is 0 Å². The molecule has 0 atom stereocenters. The molecule has 2 fully saturated rings. The van der Waals surface area contributed by atoms with Crippen LogP contribution in [0, 0.1) is 5.82 Å². The second-order valence-corrected chi connectivity index (χ2v) is 13.2. The third kappa shape index (κ3) is 7.08. The van der Waals surface area contributed by atoms with Gasteiger partial charge in [0.25, 0.3) is 5.56 Å². The van der Waals surface area contributed by atoms with Crippen LogP contribution in [0.1, 0.15) is 58.1 Å². The molecule has 0 unspecified atom stereocenters. The van der Waals surface area contributed by atoms with Gasteiger partial charge in [0.15, 0.2) is 5.65 Å². The number of phenolic OH excluding ortho intramolecular Hbond substituents is 1. The number of morpholine rings is 1. The van der Waals surface area contributed by atoms with E-state index in [0.29, 0.717) is 51.1 Å². The van der Waals surface area contributed by atoms with Gasteiger partial charge in [-0.2, -0.15) is 0 Å². The first kappa shape index (κ1) is 32.4. The van der Waals surface area contributed by atoms with Crippen molar-refractivity contribution < 1.29 is 23.8 Å². The number of benzene rings is 2. The molecule has 1 aliphatic heterocycles. The van der Waals surface area contributed by atoms with Gasteiger partial charge in [-0.1, -0.05) is 24.3 Å². The second kappa shape index (κ2) is 13.3. The number of nitrogens with zero attached hydrogens (tertiary/aromatic N) is 4. The van der Waals surface area contributed by atoms with Crippen LogP contribution in [0.5, 0.6) is 5.75 Å². The quantitative estimate of drug-likeness (QED) is 0.303. The predicted molar refractivity (Wildman–Crippen MR) is 175 cm³/mol. The fraction of sp³-hybridized carbons (Fsp3) is 0.429. The Hall–Kier alpha value is -4.55. The average Bonchev–Trinajstić information content (AvgIpc) is 3.03. The molecular weight excluding hydrogens is 605 g/mol. The second-order valence-electron chi connectivity index (χ2n) is 13.2. The minimum absolute atomic E-state index is 0.00521. The summed E-state index contributed by atoms with van der Waals surface area (Å²) in [6.45, 7) is 8.65. The number of nitrogens with one attached hydrogen (secondary N) is 1. The van der Waals surface area contributed by atoms with E-state index in [1.54, 1.807) is 45.0 Å². The summed E-state index contributed by atoms with van der Waals surface area (Å²) in [5.41, 5.74) is 1.02. The van der Waals surface area contributed by atoms with Crippen LogP contribution in [0.25, 0.3) is 27.8 Å². The van der Waals surface area contributed by atoms with Gasteiger partial charge in [0.2, 0.25) is 0 Å². The Morgan fingerprint density at radius 2 is 1.79 bits per heavy atom. The molecule has 2 aromatic heterocycles. The Bertz CT molecular complexity index is 1900. The molecule has 47 heavy (non-hydrogen) atoms. The zero-order valence-corrected chi connectivity index (χ0v) is 26.9. The van der Waals surface area contributed by atoms with E-state index in [4.69, 9.17) is 9.47 Å². The molecule has 0 radical (unpaired) electrons. The molecule has 1 saturated carbocycles. The highest BCUT2D eigenvalue weighted by Gasteiger charge is 2.29. The van der Waals surface area contributed by atoms with E-state index in [9.17, 15) is 23.9 Å². The van der Waals surface area contributed by atoms with Gasteiger partial charge in [-0.15, -0.1) is 0 Å². The maximum atomic E-state index is 14.5. The Morgan fingerprint density at radius 3 is 2.51 bits per heavy atom. The molecule has 12 heteroatoms. The number of carbonyl (C=O) groups is 1. The lowest BCUT2D eigenvalue weighted by Gasteiger charge is -2.31. The normalized spacial score (nSPS) is 19.1. The third-order valence-corrected chi connectivity index (χ3v) is 8.73. The SMILES string of the molecule is CC(C)(C)OC(=O)N[C@H]1CC[C@@H](n2c(=O)c3cc(F)cnc3n(-c3cccc(-c4cccc(O)c4CN4CCOCC4)c3)c2=O)CC1. The fourth-order valence-electron chi connectivity index (χ4n) is 6.50. The van der Waals surface area contributed by atoms with E-state index in [1.165, 1.54) is 9.13 Å². The molecule has 1 aliphatic carbocycles. The lowest BCUT2D eigenvalue weighted by Crippen LogP contribution is -2.45. The molecule has 3 heterocycles. The molecule has 4 aromatic rings. The van der Waals surface area contributed by atoms with Crippen LogP contribution in [0.15, 0.2) is 64.3 Å². The summed E-state index contributed by atoms with van der Waals surface area (Å²) in [6, 6.07) is 13.1. The Labute approximate surface area is 271 Å². The first-order valence-electron chi connectivity index (χ1n) is 16.0. The fourth-order valence-corrected chi connectivity index (χ4v) is 6.50. The van der Waals surface area contributed by atoms with E-state index in [1.807, 2.05) is 18.2 Å². The average molecular weight is 646 g/mol. The molecule has 1 saturated heterocycles. The number of aromatic nitrogens is 3. The van der Waals surface area contributed by atoms with Crippen molar-refractivity contribution in [3.63, 3.8) is 0 Å². The lowest BCUT2D eigenvalue weighted by molar-refractivity contribution is 0.0339. The molecule has 0 bridgehead atoms. The highest BCUT2D eigenvalue weighted by atomic mass is 19.1. The topological polar surface area (TPSA) is 128 Å². The van der Waals surface area contributed by atoms with E-state index < -0.39 is 34.8 Å². The van der Waals surface area contributed by atoms with E-state index >= 15 is 0 Å². The number of aromatic hydroxyl groups is 1. The highest BCUT2D eigenvalue weighted by Crippen LogP contribution is 2.33. The van der Waals surface area contributed by atoms with Crippen LogP contribution in [0.3, 0.4) is 0 Å². The van der Waals surface area contributed by atoms with E-state index in [2.05, 4.69) is 15.2 Å². The minimum Gasteiger partial charge on any atom is -0.508 e. The number of ether oxygens (including phenoxy) is 2. The van der Waals surface area contributed by atoms with Gasteiger partial charge in [0, 0.05) is 37.3 Å². The van der Waals surface area contributed by atoms with Crippen LogP contribution < -0.4 is 16.6 Å². The van der Waals surface area contributed by atoms with Crippen molar-refractivity contribution in [2.24, 2.45) is 0 Å². The molecular formula is C35H40FN5O6. The van der Waals surface area contributed by atoms with Crippen LogP contribution in [0.2, 0.25) is 0 Å². The van der Waals surface area contributed by atoms with Gasteiger partial charge in [-0.25, -0.2) is 23.5 Å². The number of pyridine rings is 1. The lowest BCUT2D eigenvalue weighted by atomic mass is 9.91. The monoisotopic (exact) mass is 645 g/mol. The van der Waals surface area contributed by atoms with Crippen LogP contribution in [0.4, 0.5) is 9.18 Å². The third-order valence-electron chi connectivity index (χ3n) is 8.73. The summed E-state index contributed by atoms with van der Waals surface area (Å²) in [5.74, 6) is -0.512. The van der Waals surface area contributed by atoms with Crippen molar-refractivity contribution in [1.29, 1.82) is 0 Å². The number of phenols is 1. The number of fused-ring (bicyclic) bond motifs is 1. The Kier molecular flexibility index (Phi) is 9.16. The van der Waals surface area contributed by atoms with Gasteiger partial charge in [0.1, 0.15) is 17.2 Å². The molecule has 1 amide bonds. The van der Waals surface area contributed by atoms with Gasteiger partial charge in [-0.05, 0) is 81.8 Å². The number of rotatable bonds is 6. The maximum absolute atomic E-state index is 14.5. The summed E-state index contributed by atoms with van der Waals surface area (Å²) >= 11 is 0. The van der Waals surface area contributed by atoms with Gasteiger partial charge in [-0.3, -0.25) is 14.3 Å². The van der Waals surface area contributed by atoms with Gasteiger partial charge in [0.05, 0.1) is 30.5 Å². The minimum atomic E-state index is -0.683. The summed E-state index contributed by atoms with van der Waals surface area (Å²) in [7, 11) is 0. The summed E-state index contributed by atoms with van der Waals surface area (Å²) in [5, 5.41) is 13.8. The number of carbonyl (C=O) groups excluding carboxylic acids is 1. The smallest absolute Gasteiger partial charge is 0.407 e. The van der Waals surface area contributed by atoms with E-state index in [-0.39, 0.29) is 22.8 Å². The van der Waals surface area contributed by atoms with Crippen molar-refractivity contribution in [2.45, 2.75) is 70.7 Å². The van der Waals surface area contributed by atoms with Crippen LogP contribution in [-0.2, 0) is 16.0 Å². The molecule has 6 rings (SSSR count). The molecule has 2 N–H and O–H groups in total. The summed E-state index contributed by atoms with van der Waals surface area (Å²) < 4.78 is 27.9. The number of halogens is 1. The number of alkyl carbamates (subject to hydrolysis) is 1. The van der Waals surface area contributed by atoms with Crippen molar-refractivity contribution in [2.75, 3.05) is 26.3 Å². The molecule has 248 valence electrons. The molecule has 2 aromatic carbocycles. The van der Waals surface area contributed by atoms with Crippen molar-refractivity contribution in [3.05, 3.63) is 86.9 Å². The van der Waals surface area contributed by atoms with Gasteiger partial charge < -0.3 is 19.9 Å². The summed E-state index contributed by atoms with van der Waals surface area (Å²) in [6.07, 6.45) is 2.47. The zero-order valence-electron chi connectivity index (χ0n) is 26.9. The van der Waals surface area contributed by atoms with Crippen molar-refractivity contribution in [1.82, 2.24) is 24.3 Å². The highest BCUT2D eigenvalue weighted by molar-refractivity contribution is 5.77. The first-order chi connectivity index (χ1) is 22.5. The zero-order chi connectivity index (χ0) is 33.3. The number of hydrogen-bond acceptors (Lipinski definition) is 8. The largest absolute Gasteiger partial charge is 0.508 e. The number of amides is 1. The predicted octanol–water partition coefficient (Wildman–Crippen LogP) is 4.90. The maximum Gasteiger partial charge on any atom is 0.407 e. The van der Waals surface area contributed by atoms with Crippen LogP contribution in [-0.4, -0.2) is 68.2 Å². The Balaban J connectivity index is 1.37. The molecule has 2 aliphatic rings. The Morgan fingerprint density at radius 1 is 1.06 bits per heavy atom.